The van der Waals surface area contributed by atoms with Gasteiger partial charge in [-0.3, -0.25) is 0 Å². The minimum atomic E-state index is -3.34. The summed E-state index contributed by atoms with van der Waals surface area (Å²) < 4.78 is 32.5. The molecule has 0 unspecified atom stereocenters. The van der Waals surface area contributed by atoms with E-state index in [1.54, 1.807) is 0 Å². The molecule has 1 aromatic carbocycles. The topological polar surface area (TPSA) is 56.3 Å². The van der Waals surface area contributed by atoms with E-state index in [0.717, 1.165) is 10.2 Å². The van der Waals surface area contributed by atoms with Gasteiger partial charge in [0.2, 0.25) is 14.2 Å². The van der Waals surface area contributed by atoms with Crippen molar-refractivity contribution >= 4 is 39.7 Å². The maximum absolute atomic E-state index is 12.6. The quantitative estimate of drug-likeness (QED) is 0.607. The van der Waals surface area contributed by atoms with Gasteiger partial charge < -0.3 is 4.43 Å². The van der Waals surface area contributed by atoms with Gasteiger partial charge >= 0.3 is 0 Å². The van der Waals surface area contributed by atoms with Gasteiger partial charge in [-0.2, -0.15) is 0 Å². The predicted molar refractivity (Wildman–Crippen MR) is 109 cm³/mol. The maximum atomic E-state index is 12.6. The summed E-state index contributed by atoms with van der Waals surface area (Å²) in [5.74, 6) is 0.327. The van der Waals surface area contributed by atoms with Crippen molar-refractivity contribution in [1.82, 2.24) is 4.98 Å². The highest BCUT2D eigenvalue weighted by Gasteiger charge is 2.37. The van der Waals surface area contributed by atoms with E-state index in [2.05, 4.69) is 45.8 Å². The van der Waals surface area contributed by atoms with Crippen LogP contribution in [0.4, 0.5) is 0 Å². The van der Waals surface area contributed by atoms with E-state index in [-0.39, 0.29) is 21.0 Å². The Morgan fingerprint density at radius 2 is 1.88 bits per heavy atom. The van der Waals surface area contributed by atoms with Crippen molar-refractivity contribution in [3.05, 3.63) is 24.3 Å². The van der Waals surface area contributed by atoms with Gasteiger partial charge in [0.1, 0.15) is 0 Å². The number of aromatic nitrogens is 1. The summed E-state index contributed by atoms with van der Waals surface area (Å²) in [5.41, 5.74) is 0.750. The summed E-state index contributed by atoms with van der Waals surface area (Å²) in [4.78, 5) is 4.29. The largest absolute Gasteiger partial charge is 0.417 e. The molecule has 140 valence electrons. The second-order valence-electron chi connectivity index (χ2n) is 8.23. The van der Waals surface area contributed by atoms with E-state index in [1.807, 2.05) is 24.3 Å². The fourth-order valence-corrected chi connectivity index (χ4v) is 6.06. The zero-order valence-corrected chi connectivity index (χ0v) is 18.6. The van der Waals surface area contributed by atoms with E-state index in [1.165, 1.54) is 11.3 Å². The summed E-state index contributed by atoms with van der Waals surface area (Å²) in [5, 5.41) is 0.166. The summed E-state index contributed by atoms with van der Waals surface area (Å²) in [6.07, 6.45) is 0.590. The first-order chi connectivity index (χ1) is 11.4. The van der Waals surface area contributed by atoms with Crippen LogP contribution in [0.25, 0.3) is 10.2 Å². The smallest absolute Gasteiger partial charge is 0.210 e. The average molecular weight is 400 g/mol. The first-order valence-corrected chi connectivity index (χ1v) is 14.0. The molecule has 4 nitrogen and oxygen atoms in total. The molecule has 25 heavy (non-hydrogen) atoms. The fraction of sp³-hybridized carbons (Fsp3) is 0.611. The lowest BCUT2D eigenvalue weighted by atomic mass is 10.1. The van der Waals surface area contributed by atoms with E-state index in [9.17, 15) is 8.42 Å². The third-order valence-electron chi connectivity index (χ3n) is 4.95. The van der Waals surface area contributed by atoms with Crippen LogP contribution in [0, 0.1) is 5.92 Å². The van der Waals surface area contributed by atoms with Crippen molar-refractivity contribution in [2.45, 2.75) is 56.6 Å². The van der Waals surface area contributed by atoms with Crippen molar-refractivity contribution < 1.29 is 12.8 Å². The summed E-state index contributed by atoms with van der Waals surface area (Å²) in [6, 6.07) is 7.53. The molecule has 2 aromatic rings. The van der Waals surface area contributed by atoms with E-state index in [0.29, 0.717) is 13.0 Å². The SMILES string of the molecule is C[C@@H](CCS(=O)(=O)c1nc2ccccc2s1)CO[Si](C)(C)C(C)(C)C. The number of rotatable bonds is 7. The van der Waals surface area contributed by atoms with Crippen LogP contribution in [0.15, 0.2) is 28.6 Å². The van der Waals surface area contributed by atoms with Crippen LogP contribution in [0.3, 0.4) is 0 Å². The molecule has 0 N–H and O–H groups in total. The Hall–Kier alpha value is -0.763. The molecule has 7 heteroatoms. The molecular formula is C18H29NO3S2Si. The third-order valence-corrected chi connectivity index (χ3v) is 12.7. The molecule has 0 aliphatic heterocycles. The van der Waals surface area contributed by atoms with Crippen molar-refractivity contribution in [3.8, 4) is 0 Å². The zero-order valence-electron chi connectivity index (χ0n) is 16.0. The molecule has 1 atom stereocenters. The maximum Gasteiger partial charge on any atom is 0.210 e. The number of thiazole rings is 1. The Bertz CT molecular complexity index is 789. The van der Waals surface area contributed by atoms with Crippen LogP contribution < -0.4 is 0 Å². The minimum absolute atomic E-state index is 0.120. The zero-order chi connectivity index (χ0) is 18.9. The highest BCUT2D eigenvalue weighted by Crippen LogP contribution is 2.37. The number of sulfone groups is 1. The Morgan fingerprint density at radius 3 is 2.48 bits per heavy atom. The number of benzene rings is 1. The van der Waals surface area contributed by atoms with Crippen molar-refractivity contribution in [2.24, 2.45) is 5.92 Å². The Morgan fingerprint density at radius 1 is 1.24 bits per heavy atom. The Kier molecular flexibility index (Phi) is 6.13. The lowest BCUT2D eigenvalue weighted by Gasteiger charge is -2.37. The van der Waals surface area contributed by atoms with Crippen molar-refractivity contribution in [1.29, 1.82) is 0 Å². The number of fused-ring (bicyclic) bond motifs is 1. The first-order valence-electron chi connectivity index (χ1n) is 8.65. The molecule has 0 amide bonds. The van der Waals surface area contributed by atoms with Crippen molar-refractivity contribution in [3.63, 3.8) is 0 Å². The molecule has 0 saturated carbocycles. The van der Waals surface area contributed by atoms with Gasteiger partial charge in [0.25, 0.3) is 0 Å². The second-order valence-corrected chi connectivity index (χ2v) is 16.4. The molecule has 1 aromatic heterocycles. The van der Waals surface area contributed by atoms with Gasteiger partial charge in [-0.25, -0.2) is 13.4 Å². The molecule has 2 rings (SSSR count). The molecule has 0 radical (unpaired) electrons. The minimum Gasteiger partial charge on any atom is -0.417 e. The monoisotopic (exact) mass is 399 g/mol. The molecule has 0 saturated heterocycles. The molecule has 0 spiro atoms. The van der Waals surface area contributed by atoms with Crippen LogP contribution in [-0.2, 0) is 14.3 Å². The van der Waals surface area contributed by atoms with Gasteiger partial charge in [0.15, 0.2) is 8.32 Å². The van der Waals surface area contributed by atoms with Crippen LogP contribution >= 0.6 is 11.3 Å². The van der Waals surface area contributed by atoms with E-state index >= 15 is 0 Å². The molecular weight excluding hydrogens is 370 g/mol. The Labute approximate surface area is 156 Å². The Balaban J connectivity index is 1.95. The summed E-state index contributed by atoms with van der Waals surface area (Å²) in [7, 11) is -5.12. The normalized spacial score (nSPS) is 14.8. The second kappa shape index (κ2) is 7.46. The van der Waals surface area contributed by atoms with Crippen LogP contribution in [0.1, 0.15) is 34.1 Å². The molecule has 0 bridgehead atoms. The number of para-hydroxylation sites is 1. The van der Waals surface area contributed by atoms with Crippen LogP contribution in [0.5, 0.6) is 0 Å². The number of hydrogen-bond acceptors (Lipinski definition) is 5. The molecule has 0 fully saturated rings. The average Bonchev–Trinajstić information content (AvgIpc) is 2.95. The first kappa shape index (κ1) is 20.5. The van der Waals surface area contributed by atoms with Gasteiger partial charge in [0.05, 0.1) is 16.0 Å². The van der Waals surface area contributed by atoms with Crippen LogP contribution in [0.2, 0.25) is 18.1 Å². The van der Waals surface area contributed by atoms with E-state index in [4.69, 9.17) is 4.43 Å². The highest BCUT2D eigenvalue weighted by atomic mass is 32.2. The van der Waals surface area contributed by atoms with Crippen molar-refractivity contribution in [2.75, 3.05) is 12.4 Å². The lowest BCUT2D eigenvalue weighted by molar-refractivity contribution is 0.235. The fourth-order valence-electron chi connectivity index (χ4n) is 2.08. The summed E-state index contributed by atoms with van der Waals surface area (Å²) >= 11 is 1.25. The van der Waals surface area contributed by atoms with Gasteiger partial charge in [-0.05, 0) is 42.6 Å². The number of hydrogen-bond donors (Lipinski definition) is 0. The van der Waals surface area contributed by atoms with E-state index < -0.39 is 18.2 Å². The number of nitrogens with zero attached hydrogens (tertiary/aromatic N) is 1. The van der Waals surface area contributed by atoms with Gasteiger partial charge in [-0.1, -0.05) is 39.8 Å². The predicted octanol–water partition coefficient (Wildman–Crippen LogP) is 5.12. The van der Waals surface area contributed by atoms with Crippen LogP contribution in [-0.4, -0.2) is 34.1 Å². The molecule has 1 heterocycles. The standard InChI is InChI=1S/C18H29NO3S2Si/c1-14(13-22-25(5,6)18(2,3)4)11-12-24(20,21)17-19-15-9-7-8-10-16(15)23-17/h7-10,14H,11-13H2,1-6H3/t14-/m0/s1. The third kappa shape index (κ3) is 5.12. The lowest BCUT2D eigenvalue weighted by Crippen LogP contribution is -2.41. The molecule has 0 aliphatic rings. The molecule has 0 aliphatic carbocycles. The highest BCUT2D eigenvalue weighted by molar-refractivity contribution is 7.93. The van der Waals surface area contributed by atoms with Gasteiger partial charge in [0, 0.05) is 6.61 Å². The summed E-state index contributed by atoms with van der Waals surface area (Å²) in [6.45, 7) is 13.7. The van der Waals surface area contributed by atoms with Gasteiger partial charge in [-0.15, -0.1) is 11.3 Å².